The van der Waals surface area contributed by atoms with Crippen molar-refractivity contribution in [2.75, 3.05) is 24.1 Å². The van der Waals surface area contributed by atoms with Crippen molar-refractivity contribution >= 4 is 28.3 Å². The largest absolute Gasteiger partial charge is 0.436 e. The molecule has 0 saturated carbocycles. The van der Waals surface area contributed by atoms with Gasteiger partial charge in [0.2, 0.25) is 0 Å². The number of carbonyl (C=O) groups excluding carboxylic acids is 1. The zero-order valence-electron chi connectivity index (χ0n) is 12.0. The Morgan fingerprint density at radius 2 is 1.82 bits per heavy atom. The highest BCUT2D eigenvalue weighted by Gasteiger charge is 2.09. The van der Waals surface area contributed by atoms with Crippen molar-refractivity contribution in [3.05, 3.63) is 60.4 Å². The summed E-state index contributed by atoms with van der Waals surface area (Å²) >= 11 is 0. The molecule has 5 heteroatoms. The fourth-order valence-corrected chi connectivity index (χ4v) is 2.31. The van der Waals surface area contributed by atoms with Crippen molar-refractivity contribution in [3.8, 4) is 0 Å². The minimum atomic E-state index is -0.267. The Balaban J connectivity index is 1.55. The van der Waals surface area contributed by atoms with Gasteiger partial charge in [-0.15, -0.1) is 0 Å². The second-order valence-corrected chi connectivity index (χ2v) is 4.91. The highest BCUT2D eigenvalue weighted by molar-refractivity contribution is 5.94. The van der Waals surface area contributed by atoms with Gasteiger partial charge in [-0.1, -0.05) is 36.4 Å². The molecule has 0 aliphatic carbocycles. The van der Waals surface area contributed by atoms with E-state index in [0.717, 1.165) is 11.1 Å². The topological polar surface area (TPSA) is 80.3 Å². The zero-order chi connectivity index (χ0) is 15.4. The number of nitrogens with one attached hydrogen (secondary N) is 2. The zero-order valence-corrected chi connectivity index (χ0v) is 12.0. The van der Waals surface area contributed by atoms with E-state index in [0.29, 0.717) is 13.1 Å². The lowest BCUT2D eigenvalue weighted by molar-refractivity contribution is 0.0928. The second kappa shape index (κ2) is 6.22. The molecule has 2 aromatic carbocycles. The third-order valence-corrected chi connectivity index (χ3v) is 3.37. The molecule has 112 valence electrons. The van der Waals surface area contributed by atoms with Crippen LogP contribution in [0.5, 0.6) is 0 Å². The summed E-state index contributed by atoms with van der Waals surface area (Å²) in [6.07, 6.45) is 0. The van der Waals surface area contributed by atoms with Crippen molar-refractivity contribution in [2.24, 2.45) is 0 Å². The Morgan fingerprint density at radius 1 is 1.00 bits per heavy atom. The molecule has 1 heterocycles. The predicted octanol–water partition coefficient (Wildman–Crippen LogP) is 2.86. The molecular formula is C17H17N3O2. The molecule has 3 aromatic rings. The molecule has 4 N–H and O–H groups in total. The van der Waals surface area contributed by atoms with Gasteiger partial charge in [-0.25, -0.2) is 0 Å². The number of rotatable bonds is 5. The summed E-state index contributed by atoms with van der Waals surface area (Å²) in [4.78, 5) is 11.8. The summed E-state index contributed by atoms with van der Waals surface area (Å²) in [5.74, 6) is 0.193. The summed E-state index contributed by atoms with van der Waals surface area (Å²) < 4.78 is 5.06. The monoisotopic (exact) mass is 295 g/mol. The van der Waals surface area contributed by atoms with Gasteiger partial charge in [-0.2, -0.15) is 0 Å². The van der Waals surface area contributed by atoms with Gasteiger partial charge in [0.05, 0.1) is 0 Å². The average Bonchev–Trinajstić information content (AvgIpc) is 2.98. The van der Waals surface area contributed by atoms with Gasteiger partial charge in [-0.3, -0.25) is 4.79 Å². The summed E-state index contributed by atoms with van der Waals surface area (Å²) in [5.41, 5.74) is 6.49. The van der Waals surface area contributed by atoms with Gasteiger partial charge < -0.3 is 20.8 Å². The molecule has 3 rings (SSSR count). The van der Waals surface area contributed by atoms with E-state index in [4.69, 9.17) is 10.2 Å². The van der Waals surface area contributed by atoms with Crippen LogP contribution >= 0.6 is 0 Å². The van der Waals surface area contributed by atoms with E-state index < -0.39 is 0 Å². The van der Waals surface area contributed by atoms with Crippen molar-refractivity contribution in [3.63, 3.8) is 0 Å². The standard InChI is InChI=1S/C17H17N3O2/c18-16-9-8-15(22-16)17(21)20-11-10-19-14-7-3-5-12-4-1-2-6-13(12)14/h1-9,19H,10-11,18H2,(H,20,21). The van der Waals surface area contributed by atoms with Crippen LogP contribution < -0.4 is 16.4 Å². The smallest absolute Gasteiger partial charge is 0.287 e. The maximum Gasteiger partial charge on any atom is 0.287 e. The molecule has 0 aliphatic rings. The van der Waals surface area contributed by atoms with Gasteiger partial charge in [0.15, 0.2) is 11.6 Å². The Morgan fingerprint density at radius 3 is 2.64 bits per heavy atom. The van der Waals surface area contributed by atoms with E-state index in [1.165, 1.54) is 5.39 Å². The maximum absolute atomic E-state index is 11.8. The summed E-state index contributed by atoms with van der Waals surface area (Å²) in [6, 6.07) is 17.4. The number of amides is 1. The number of benzene rings is 2. The second-order valence-electron chi connectivity index (χ2n) is 4.91. The Bertz CT molecular complexity index is 790. The minimum Gasteiger partial charge on any atom is -0.436 e. The van der Waals surface area contributed by atoms with Crippen LogP contribution in [0.3, 0.4) is 0 Å². The molecule has 1 amide bonds. The van der Waals surface area contributed by atoms with Crippen LogP contribution in [-0.4, -0.2) is 19.0 Å². The third kappa shape index (κ3) is 3.03. The van der Waals surface area contributed by atoms with Gasteiger partial charge in [0.1, 0.15) is 0 Å². The SMILES string of the molecule is Nc1ccc(C(=O)NCCNc2cccc3ccccc23)o1. The molecule has 0 saturated heterocycles. The third-order valence-electron chi connectivity index (χ3n) is 3.37. The summed E-state index contributed by atoms with van der Waals surface area (Å²) in [7, 11) is 0. The highest BCUT2D eigenvalue weighted by atomic mass is 16.4. The number of fused-ring (bicyclic) bond motifs is 1. The molecule has 0 fully saturated rings. The Kier molecular flexibility index (Phi) is 3.96. The number of nitrogens with two attached hydrogens (primary N) is 1. The molecule has 0 spiro atoms. The number of hydrogen-bond acceptors (Lipinski definition) is 4. The first-order chi connectivity index (χ1) is 10.7. The first-order valence-electron chi connectivity index (χ1n) is 7.09. The van der Waals surface area contributed by atoms with Crippen LogP contribution in [0.15, 0.2) is 59.0 Å². The van der Waals surface area contributed by atoms with E-state index in [-0.39, 0.29) is 17.6 Å². The molecule has 1 aromatic heterocycles. The number of furan rings is 1. The Hall–Kier alpha value is -2.95. The van der Waals surface area contributed by atoms with Crippen molar-refractivity contribution in [1.29, 1.82) is 0 Å². The molecule has 5 nitrogen and oxygen atoms in total. The molecule has 0 aliphatic heterocycles. The first kappa shape index (κ1) is 14.0. The number of hydrogen-bond donors (Lipinski definition) is 3. The first-order valence-corrected chi connectivity index (χ1v) is 7.09. The van der Waals surface area contributed by atoms with E-state index in [1.807, 2.05) is 24.3 Å². The molecule has 0 atom stereocenters. The van der Waals surface area contributed by atoms with E-state index in [2.05, 4.69) is 28.8 Å². The van der Waals surface area contributed by atoms with Crippen LogP contribution in [0, 0.1) is 0 Å². The molecule has 0 unspecified atom stereocenters. The van der Waals surface area contributed by atoms with Crippen molar-refractivity contribution in [2.45, 2.75) is 0 Å². The quantitative estimate of drug-likeness (QED) is 0.632. The molecule has 22 heavy (non-hydrogen) atoms. The predicted molar refractivity (Wildman–Crippen MR) is 87.9 cm³/mol. The van der Waals surface area contributed by atoms with Gasteiger partial charge in [-0.05, 0) is 17.5 Å². The Labute approximate surface area is 128 Å². The lowest BCUT2D eigenvalue weighted by Crippen LogP contribution is -2.28. The molecule has 0 bridgehead atoms. The van der Waals surface area contributed by atoms with Crippen LogP contribution in [0.25, 0.3) is 10.8 Å². The number of nitrogen functional groups attached to an aromatic ring is 1. The number of carbonyl (C=O) groups is 1. The lowest BCUT2D eigenvalue weighted by atomic mass is 10.1. The summed E-state index contributed by atoms with van der Waals surface area (Å²) in [5, 5.41) is 8.45. The lowest BCUT2D eigenvalue weighted by Gasteiger charge is -2.10. The van der Waals surface area contributed by atoms with Gasteiger partial charge >= 0.3 is 0 Å². The van der Waals surface area contributed by atoms with E-state index >= 15 is 0 Å². The van der Waals surface area contributed by atoms with Crippen LogP contribution in [0.1, 0.15) is 10.6 Å². The fourth-order valence-electron chi connectivity index (χ4n) is 2.31. The molecule has 0 radical (unpaired) electrons. The van der Waals surface area contributed by atoms with E-state index in [1.54, 1.807) is 12.1 Å². The normalized spacial score (nSPS) is 10.5. The maximum atomic E-state index is 11.8. The average molecular weight is 295 g/mol. The van der Waals surface area contributed by atoms with Crippen LogP contribution in [0.2, 0.25) is 0 Å². The van der Waals surface area contributed by atoms with Crippen molar-refractivity contribution in [1.82, 2.24) is 5.32 Å². The van der Waals surface area contributed by atoms with E-state index in [9.17, 15) is 4.79 Å². The van der Waals surface area contributed by atoms with Crippen LogP contribution in [-0.2, 0) is 0 Å². The minimum absolute atomic E-state index is 0.225. The fraction of sp³-hybridized carbons (Fsp3) is 0.118. The van der Waals surface area contributed by atoms with Crippen LogP contribution in [0.4, 0.5) is 11.6 Å². The highest BCUT2D eigenvalue weighted by Crippen LogP contribution is 2.22. The van der Waals surface area contributed by atoms with Gasteiger partial charge in [0.25, 0.3) is 5.91 Å². The van der Waals surface area contributed by atoms with Crippen molar-refractivity contribution < 1.29 is 9.21 Å². The molecular weight excluding hydrogens is 278 g/mol. The van der Waals surface area contributed by atoms with Gasteiger partial charge in [0, 0.05) is 30.2 Å². The summed E-state index contributed by atoms with van der Waals surface area (Å²) in [6.45, 7) is 1.11. The number of anilines is 2.